The molecule has 6 nitrogen and oxygen atoms in total. The molecule has 3 aliphatic rings. The highest BCUT2D eigenvalue weighted by Gasteiger charge is 2.46. The summed E-state index contributed by atoms with van der Waals surface area (Å²) in [6.45, 7) is 1.88. The molecule has 2 bridgehead atoms. The Morgan fingerprint density at radius 3 is 2.57 bits per heavy atom. The third kappa shape index (κ3) is 4.95. The number of allylic oxidation sites excluding steroid dienone is 1. The average Bonchev–Trinajstić information content (AvgIpc) is 3.29. The standard InChI is InChI=1S/C29H37N3O3/c1-32(14-7-10-28-30-24-17-26(34-2)27(35-3)18-25(24)31-28)15-13-29(33)19-21-11-12-22(29)16-23(21)20-8-5-4-6-9-20/h4-6,8-9,16-18,21-22,33H,7,10-15,19H2,1-3H3,(H,30,31)/t21-,22+,29-/m1/s1. The van der Waals surface area contributed by atoms with Gasteiger partial charge in [-0.2, -0.15) is 0 Å². The lowest BCUT2D eigenvalue weighted by Gasteiger charge is -2.48. The summed E-state index contributed by atoms with van der Waals surface area (Å²) >= 11 is 0. The van der Waals surface area contributed by atoms with Crippen LogP contribution in [0, 0.1) is 11.8 Å². The van der Waals surface area contributed by atoms with Crippen molar-refractivity contribution in [2.75, 3.05) is 34.4 Å². The van der Waals surface area contributed by atoms with Crippen LogP contribution < -0.4 is 9.47 Å². The van der Waals surface area contributed by atoms with Gasteiger partial charge in [-0.15, -0.1) is 0 Å². The second kappa shape index (κ2) is 10.0. The Bertz CT molecular complexity index is 1150. The molecule has 186 valence electrons. The number of rotatable bonds is 10. The first kappa shape index (κ1) is 23.9. The Hall–Kier alpha value is -2.83. The second-order valence-corrected chi connectivity index (χ2v) is 10.2. The summed E-state index contributed by atoms with van der Waals surface area (Å²) in [6.07, 6.45) is 8.26. The predicted octanol–water partition coefficient (Wildman–Crippen LogP) is 5.08. The summed E-state index contributed by atoms with van der Waals surface area (Å²) < 4.78 is 10.8. The Morgan fingerprint density at radius 1 is 1.09 bits per heavy atom. The van der Waals surface area contributed by atoms with E-state index in [-0.39, 0.29) is 5.92 Å². The normalized spacial score (nSPS) is 23.6. The van der Waals surface area contributed by atoms with E-state index in [0.717, 1.165) is 62.1 Å². The van der Waals surface area contributed by atoms with Crippen molar-refractivity contribution in [3.05, 3.63) is 59.9 Å². The summed E-state index contributed by atoms with van der Waals surface area (Å²) in [5.74, 6) is 3.11. The molecule has 6 heteroatoms. The highest BCUT2D eigenvalue weighted by molar-refractivity contribution is 5.79. The van der Waals surface area contributed by atoms with Gasteiger partial charge in [0.05, 0.1) is 30.9 Å². The number of methoxy groups -OCH3 is 2. The third-order valence-electron chi connectivity index (χ3n) is 7.96. The summed E-state index contributed by atoms with van der Waals surface area (Å²) in [7, 11) is 5.44. The van der Waals surface area contributed by atoms with Crippen LogP contribution in [0.4, 0.5) is 0 Å². The Balaban J connectivity index is 1.13. The van der Waals surface area contributed by atoms with E-state index < -0.39 is 5.60 Å². The number of imidazole rings is 1. The van der Waals surface area contributed by atoms with Crippen molar-refractivity contribution in [2.24, 2.45) is 11.8 Å². The van der Waals surface area contributed by atoms with E-state index >= 15 is 0 Å². The van der Waals surface area contributed by atoms with Gasteiger partial charge in [-0.25, -0.2) is 4.98 Å². The van der Waals surface area contributed by atoms with Crippen LogP contribution in [0.2, 0.25) is 0 Å². The van der Waals surface area contributed by atoms with Gasteiger partial charge in [0, 0.05) is 31.0 Å². The van der Waals surface area contributed by atoms with Gasteiger partial charge in [-0.05, 0) is 62.8 Å². The molecule has 0 amide bonds. The molecule has 2 aromatic carbocycles. The van der Waals surface area contributed by atoms with Gasteiger partial charge in [-0.3, -0.25) is 0 Å². The molecule has 1 fully saturated rings. The summed E-state index contributed by atoms with van der Waals surface area (Å²) in [5, 5.41) is 11.5. The lowest BCUT2D eigenvalue weighted by molar-refractivity contribution is -0.0574. The van der Waals surface area contributed by atoms with Crippen molar-refractivity contribution in [3.8, 4) is 11.5 Å². The van der Waals surface area contributed by atoms with Crippen molar-refractivity contribution in [3.63, 3.8) is 0 Å². The fourth-order valence-corrected chi connectivity index (χ4v) is 5.96. The molecule has 1 heterocycles. The monoisotopic (exact) mass is 475 g/mol. The zero-order valence-corrected chi connectivity index (χ0v) is 21.1. The highest BCUT2D eigenvalue weighted by atomic mass is 16.5. The van der Waals surface area contributed by atoms with Crippen molar-refractivity contribution in [2.45, 2.75) is 44.1 Å². The van der Waals surface area contributed by atoms with Crippen molar-refractivity contribution >= 4 is 16.6 Å². The van der Waals surface area contributed by atoms with Crippen LogP contribution in [0.3, 0.4) is 0 Å². The Kier molecular flexibility index (Phi) is 6.85. The van der Waals surface area contributed by atoms with E-state index in [1.165, 1.54) is 17.6 Å². The topological polar surface area (TPSA) is 70.6 Å². The smallest absolute Gasteiger partial charge is 0.163 e. The predicted molar refractivity (Wildman–Crippen MR) is 140 cm³/mol. The number of nitrogens with zero attached hydrogens (tertiary/aromatic N) is 2. The Labute approximate surface area is 208 Å². The molecule has 1 saturated carbocycles. The molecule has 3 aliphatic carbocycles. The minimum absolute atomic E-state index is 0.264. The van der Waals surface area contributed by atoms with Crippen LogP contribution >= 0.6 is 0 Å². The number of ether oxygens (including phenoxy) is 2. The van der Waals surface area contributed by atoms with E-state index in [1.54, 1.807) is 14.2 Å². The lowest BCUT2D eigenvalue weighted by Crippen LogP contribution is -2.48. The molecule has 0 aliphatic heterocycles. The minimum atomic E-state index is -0.577. The number of benzene rings is 2. The van der Waals surface area contributed by atoms with E-state index in [1.807, 2.05) is 12.1 Å². The number of fused-ring (bicyclic) bond motifs is 3. The maximum Gasteiger partial charge on any atom is 0.163 e. The first-order valence-electron chi connectivity index (χ1n) is 12.8. The molecule has 3 aromatic rings. The van der Waals surface area contributed by atoms with Crippen LogP contribution in [-0.2, 0) is 6.42 Å². The van der Waals surface area contributed by atoms with Gasteiger partial charge in [0.1, 0.15) is 5.82 Å². The van der Waals surface area contributed by atoms with E-state index in [2.05, 4.69) is 53.3 Å². The number of hydrogen-bond donors (Lipinski definition) is 2. The first-order valence-corrected chi connectivity index (χ1v) is 12.8. The number of aromatic amines is 1. The van der Waals surface area contributed by atoms with Crippen LogP contribution in [0.15, 0.2) is 48.5 Å². The second-order valence-electron chi connectivity index (χ2n) is 10.2. The Morgan fingerprint density at radius 2 is 1.86 bits per heavy atom. The molecule has 2 N–H and O–H groups in total. The molecule has 3 atom stereocenters. The molecular weight excluding hydrogens is 438 g/mol. The molecule has 35 heavy (non-hydrogen) atoms. The summed E-state index contributed by atoms with van der Waals surface area (Å²) in [5.41, 5.74) is 4.04. The summed E-state index contributed by atoms with van der Waals surface area (Å²) in [6, 6.07) is 14.5. The lowest BCUT2D eigenvalue weighted by atomic mass is 9.61. The fraction of sp³-hybridized carbons (Fsp3) is 0.483. The van der Waals surface area contributed by atoms with Gasteiger partial charge in [0.25, 0.3) is 0 Å². The third-order valence-corrected chi connectivity index (χ3v) is 7.96. The number of aryl methyl sites for hydroxylation is 1. The first-order chi connectivity index (χ1) is 17.0. The largest absolute Gasteiger partial charge is 0.493 e. The fourth-order valence-electron chi connectivity index (χ4n) is 5.96. The molecule has 0 saturated heterocycles. The maximum absolute atomic E-state index is 11.5. The van der Waals surface area contributed by atoms with Crippen molar-refractivity contribution in [1.82, 2.24) is 14.9 Å². The van der Waals surface area contributed by atoms with Gasteiger partial charge < -0.3 is 24.5 Å². The quantitative estimate of drug-likeness (QED) is 0.428. The van der Waals surface area contributed by atoms with Crippen LogP contribution in [0.25, 0.3) is 16.6 Å². The molecular formula is C29H37N3O3. The van der Waals surface area contributed by atoms with Gasteiger partial charge in [0.2, 0.25) is 0 Å². The number of aliphatic hydroxyl groups is 1. The average molecular weight is 476 g/mol. The highest BCUT2D eigenvalue weighted by Crippen LogP contribution is 2.51. The van der Waals surface area contributed by atoms with E-state index in [0.29, 0.717) is 17.4 Å². The van der Waals surface area contributed by atoms with E-state index in [9.17, 15) is 5.11 Å². The van der Waals surface area contributed by atoms with Gasteiger partial charge in [0.15, 0.2) is 11.5 Å². The van der Waals surface area contributed by atoms with E-state index in [4.69, 9.17) is 14.5 Å². The summed E-state index contributed by atoms with van der Waals surface area (Å²) in [4.78, 5) is 10.5. The molecule has 0 radical (unpaired) electrons. The number of hydrogen-bond acceptors (Lipinski definition) is 5. The number of nitrogens with one attached hydrogen (secondary N) is 1. The number of H-pyrrole nitrogens is 1. The zero-order chi connectivity index (χ0) is 24.4. The van der Waals surface area contributed by atoms with Crippen LogP contribution in [0.5, 0.6) is 11.5 Å². The maximum atomic E-state index is 11.5. The van der Waals surface area contributed by atoms with Crippen molar-refractivity contribution in [1.29, 1.82) is 0 Å². The molecule has 0 unspecified atom stereocenters. The van der Waals surface area contributed by atoms with Crippen LogP contribution in [0.1, 0.15) is 43.5 Å². The molecule has 1 aromatic heterocycles. The van der Waals surface area contributed by atoms with Gasteiger partial charge in [-0.1, -0.05) is 36.4 Å². The number of aromatic nitrogens is 2. The zero-order valence-electron chi connectivity index (χ0n) is 21.1. The molecule has 6 rings (SSSR count). The van der Waals surface area contributed by atoms with Crippen molar-refractivity contribution < 1.29 is 14.6 Å². The SMILES string of the molecule is COc1cc2nc(CCCN(C)CC[C@@]3(O)C[C@H]4CC[C@H]3C=C4c3ccccc3)[nH]c2cc1OC. The van der Waals surface area contributed by atoms with Gasteiger partial charge >= 0.3 is 0 Å². The van der Waals surface area contributed by atoms with Crippen LogP contribution in [-0.4, -0.2) is 59.9 Å². The molecule has 0 spiro atoms. The minimum Gasteiger partial charge on any atom is -0.493 e.